The van der Waals surface area contributed by atoms with Crippen molar-refractivity contribution in [1.29, 1.82) is 0 Å². The van der Waals surface area contributed by atoms with E-state index in [0.29, 0.717) is 0 Å². The lowest BCUT2D eigenvalue weighted by molar-refractivity contribution is -0.143. The normalized spacial score (nSPS) is 11.7. The van der Waals surface area contributed by atoms with E-state index in [2.05, 4.69) is 9.89 Å². The molecule has 0 saturated carbocycles. The van der Waals surface area contributed by atoms with Gasteiger partial charge in [-0.15, -0.1) is 0 Å². The highest BCUT2D eigenvalue weighted by Gasteiger charge is 2.13. The third-order valence-electron chi connectivity index (χ3n) is 1.01. The van der Waals surface area contributed by atoms with E-state index in [1.807, 2.05) is 0 Å². The van der Waals surface area contributed by atoms with Crippen LogP contribution in [0, 0.1) is 0 Å². The van der Waals surface area contributed by atoms with Gasteiger partial charge in [-0.25, -0.2) is 0 Å². The number of carbonyl (C=O) groups is 1. The Hall–Kier alpha value is -1.10. The van der Waals surface area contributed by atoms with E-state index in [1.165, 1.54) is 7.11 Å². The zero-order valence-corrected chi connectivity index (χ0v) is 7.53. The third-order valence-corrected chi connectivity index (χ3v) is 1.01. The summed E-state index contributed by atoms with van der Waals surface area (Å²) in [5.41, 5.74) is 6.12. The van der Waals surface area contributed by atoms with E-state index in [0.717, 1.165) is 5.71 Å². The molecule has 1 atom stereocenters. The second kappa shape index (κ2) is 5.54. The van der Waals surface area contributed by atoms with Crippen LogP contribution < -0.4 is 5.73 Å². The Bertz CT molecular complexity index is 175. The fourth-order valence-electron chi connectivity index (χ4n) is 0.466. The summed E-state index contributed by atoms with van der Waals surface area (Å²) in [5.74, 6) is -0.501. The van der Waals surface area contributed by atoms with Crippen molar-refractivity contribution in [2.45, 2.75) is 19.9 Å². The van der Waals surface area contributed by atoms with E-state index in [-0.39, 0.29) is 6.61 Å². The van der Waals surface area contributed by atoms with Crippen molar-refractivity contribution in [3.63, 3.8) is 0 Å². The monoisotopic (exact) mass is 174 g/mol. The largest absolute Gasteiger partial charge is 0.468 e. The lowest BCUT2D eigenvalue weighted by atomic mass is 10.3. The van der Waals surface area contributed by atoms with E-state index in [9.17, 15) is 4.79 Å². The van der Waals surface area contributed by atoms with Crippen LogP contribution in [0.15, 0.2) is 5.16 Å². The number of hydrogen-bond donors (Lipinski definition) is 1. The first kappa shape index (κ1) is 10.9. The maximum Gasteiger partial charge on any atom is 0.326 e. The summed E-state index contributed by atoms with van der Waals surface area (Å²) < 4.78 is 4.38. The molecule has 0 fully saturated rings. The van der Waals surface area contributed by atoms with Crippen LogP contribution in [0.4, 0.5) is 0 Å². The Labute approximate surface area is 71.5 Å². The first-order valence-corrected chi connectivity index (χ1v) is 3.54. The molecule has 2 N–H and O–H groups in total. The van der Waals surface area contributed by atoms with Gasteiger partial charge in [-0.1, -0.05) is 5.16 Å². The van der Waals surface area contributed by atoms with Crippen molar-refractivity contribution in [2.75, 3.05) is 13.7 Å². The molecule has 0 amide bonds. The van der Waals surface area contributed by atoms with Gasteiger partial charge in [0.1, 0.15) is 12.6 Å². The summed E-state index contributed by atoms with van der Waals surface area (Å²) in [5, 5.41) is 3.61. The van der Waals surface area contributed by atoms with Gasteiger partial charge in [0.15, 0.2) is 0 Å². The molecule has 0 aliphatic heterocycles. The fraction of sp³-hybridized carbons (Fsp3) is 0.714. The van der Waals surface area contributed by atoms with E-state index in [4.69, 9.17) is 10.6 Å². The van der Waals surface area contributed by atoms with Gasteiger partial charge in [0.25, 0.3) is 0 Å². The van der Waals surface area contributed by atoms with Crippen LogP contribution in [0.5, 0.6) is 0 Å². The molecule has 5 nitrogen and oxygen atoms in total. The summed E-state index contributed by atoms with van der Waals surface area (Å²) in [6.45, 7) is 3.60. The molecule has 0 aromatic carbocycles. The Balaban J connectivity index is 3.64. The average molecular weight is 174 g/mol. The van der Waals surface area contributed by atoms with Gasteiger partial charge >= 0.3 is 5.97 Å². The molecule has 0 spiro atoms. The molecule has 0 bridgehead atoms. The smallest absolute Gasteiger partial charge is 0.326 e. The van der Waals surface area contributed by atoms with Crippen LogP contribution in [0.1, 0.15) is 13.8 Å². The van der Waals surface area contributed by atoms with Gasteiger partial charge in [0, 0.05) is 0 Å². The SMILES string of the molecule is COC(=O)C(N)CON=C(C)C. The molecule has 5 heteroatoms. The van der Waals surface area contributed by atoms with Gasteiger partial charge < -0.3 is 15.3 Å². The predicted octanol–water partition coefficient (Wildman–Crippen LogP) is -0.101. The number of nitrogens with zero attached hydrogens (tertiary/aromatic N) is 1. The third kappa shape index (κ3) is 4.68. The van der Waals surface area contributed by atoms with Crippen molar-refractivity contribution in [3.05, 3.63) is 0 Å². The second-order valence-corrected chi connectivity index (χ2v) is 2.46. The van der Waals surface area contributed by atoms with Crippen molar-refractivity contribution in [1.82, 2.24) is 0 Å². The van der Waals surface area contributed by atoms with Crippen LogP contribution >= 0.6 is 0 Å². The molecule has 0 aliphatic rings. The van der Waals surface area contributed by atoms with E-state index in [1.54, 1.807) is 13.8 Å². The van der Waals surface area contributed by atoms with Gasteiger partial charge in [-0.05, 0) is 13.8 Å². The molecule has 1 unspecified atom stereocenters. The van der Waals surface area contributed by atoms with Crippen LogP contribution in [-0.2, 0) is 14.4 Å². The van der Waals surface area contributed by atoms with Crippen LogP contribution in [0.3, 0.4) is 0 Å². The summed E-state index contributed by atoms with van der Waals surface area (Å²) in [6.07, 6.45) is 0. The minimum Gasteiger partial charge on any atom is -0.468 e. The fourth-order valence-corrected chi connectivity index (χ4v) is 0.466. The maximum atomic E-state index is 10.7. The maximum absolute atomic E-state index is 10.7. The summed E-state index contributed by atoms with van der Waals surface area (Å²) in [6, 6.07) is -0.766. The van der Waals surface area contributed by atoms with Gasteiger partial charge in [-0.2, -0.15) is 0 Å². The highest BCUT2D eigenvalue weighted by Crippen LogP contribution is 1.87. The zero-order chi connectivity index (χ0) is 9.56. The lowest BCUT2D eigenvalue weighted by Crippen LogP contribution is -2.35. The minimum atomic E-state index is -0.766. The highest BCUT2D eigenvalue weighted by atomic mass is 16.6. The summed E-state index contributed by atoms with van der Waals surface area (Å²) in [7, 11) is 1.27. The topological polar surface area (TPSA) is 73.9 Å². The number of nitrogens with two attached hydrogens (primary N) is 1. The van der Waals surface area contributed by atoms with E-state index < -0.39 is 12.0 Å². The number of oxime groups is 1. The summed E-state index contributed by atoms with van der Waals surface area (Å²) >= 11 is 0. The van der Waals surface area contributed by atoms with Crippen molar-refractivity contribution in [3.8, 4) is 0 Å². The molecule has 0 aromatic rings. The molecule has 0 aliphatic carbocycles. The number of rotatable bonds is 4. The Morgan fingerprint density at radius 3 is 2.58 bits per heavy atom. The van der Waals surface area contributed by atoms with Crippen LogP contribution in [0.2, 0.25) is 0 Å². The molecular weight excluding hydrogens is 160 g/mol. The number of esters is 1. The van der Waals surface area contributed by atoms with Crippen molar-refractivity contribution >= 4 is 11.7 Å². The Kier molecular flexibility index (Phi) is 5.03. The van der Waals surface area contributed by atoms with Crippen LogP contribution in [0.25, 0.3) is 0 Å². The molecule has 0 saturated heterocycles. The average Bonchev–Trinajstić information content (AvgIpc) is 2.02. The molecule has 0 aromatic heterocycles. The minimum absolute atomic E-state index is 0.0395. The zero-order valence-electron chi connectivity index (χ0n) is 7.53. The lowest BCUT2D eigenvalue weighted by Gasteiger charge is -2.06. The number of carbonyl (C=O) groups excluding carboxylic acids is 1. The molecule has 0 rings (SSSR count). The quantitative estimate of drug-likeness (QED) is 0.367. The predicted molar refractivity (Wildman–Crippen MR) is 44.7 cm³/mol. The number of ether oxygens (including phenoxy) is 1. The van der Waals surface area contributed by atoms with Crippen LogP contribution in [-0.4, -0.2) is 31.4 Å². The molecule has 0 radical (unpaired) electrons. The molecule has 70 valence electrons. The second-order valence-electron chi connectivity index (χ2n) is 2.46. The van der Waals surface area contributed by atoms with Gasteiger partial charge in [-0.3, -0.25) is 4.79 Å². The summed E-state index contributed by atoms with van der Waals surface area (Å²) in [4.78, 5) is 15.5. The Morgan fingerprint density at radius 2 is 2.17 bits per heavy atom. The standard InChI is InChI=1S/C7H14N2O3/c1-5(2)9-12-4-6(8)7(10)11-3/h6H,4,8H2,1-3H3. The van der Waals surface area contributed by atoms with Crippen molar-refractivity contribution in [2.24, 2.45) is 10.9 Å². The molecular formula is C7H14N2O3. The first-order chi connectivity index (χ1) is 5.57. The van der Waals surface area contributed by atoms with Crippen molar-refractivity contribution < 1.29 is 14.4 Å². The van der Waals surface area contributed by atoms with Gasteiger partial charge in [0.05, 0.1) is 12.8 Å². The number of methoxy groups -OCH3 is 1. The van der Waals surface area contributed by atoms with Gasteiger partial charge in [0.2, 0.25) is 0 Å². The molecule has 12 heavy (non-hydrogen) atoms. The Morgan fingerprint density at radius 1 is 1.58 bits per heavy atom. The highest BCUT2D eigenvalue weighted by molar-refractivity contribution is 5.78. The van der Waals surface area contributed by atoms with E-state index >= 15 is 0 Å². The number of hydrogen-bond acceptors (Lipinski definition) is 5. The molecule has 0 heterocycles. The first-order valence-electron chi connectivity index (χ1n) is 3.54.